The highest BCUT2D eigenvalue weighted by molar-refractivity contribution is 8.02. The van der Waals surface area contributed by atoms with Crippen molar-refractivity contribution in [1.82, 2.24) is 9.88 Å². The van der Waals surface area contributed by atoms with E-state index in [0.29, 0.717) is 0 Å². The first kappa shape index (κ1) is 19.9. The second kappa shape index (κ2) is 8.97. The van der Waals surface area contributed by atoms with Crippen molar-refractivity contribution >= 4 is 34.7 Å². The number of anilines is 1. The van der Waals surface area contributed by atoms with E-state index < -0.39 is 0 Å². The van der Waals surface area contributed by atoms with E-state index in [1.165, 1.54) is 40.9 Å². The van der Waals surface area contributed by atoms with Crippen LogP contribution in [0.4, 0.5) is 10.1 Å². The Bertz CT molecular complexity index is 954. The second-order valence-corrected chi connectivity index (χ2v) is 9.36. The molecule has 4 rings (SSSR count). The van der Waals surface area contributed by atoms with E-state index in [2.05, 4.69) is 22.0 Å². The summed E-state index contributed by atoms with van der Waals surface area (Å²) in [6, 6.07) is 16.6. The number of aromatic nitrogens is 1. The number of amides is 1. The molecule has 1 unspecified atom stereocenters. The molecule has 1 saturated heterocycles. The standard InChI is InChI=1S/C22H22FN3OS2/c1-16(29-22-24-20(15-28-22)17-7-9-18(23)10-8-17)21(27)26-13-11-25(12-14-26)19-5-3-2-4-6-19/h2-10,15-16H,11-14H2,1H3. The van der Waals surface area contributed by atoms with Gasteiger partial charge >= 0.3 is 0 Å². The minimum atomic E-state index is -0.259. The first-order valence-electron chi connectivity index (χ1n) is 9.57. The molecule has 0 aliphatic carbocycles. The molecule has 7 heteroatoms. The van der Waals surface area contributed by atoms with Crippen molar-refractivity contribution in [2.45, 2.75) is 16.5 Å². The van der Waals surface area contributed by atoms with Crippen LogP contribution in [0.15, 0.2) is 64.3 Å². The van der Waals surface area contributed by atoms with E-state index in [9.17, 15) is 9.18 Å². The summed E-state index contributed by atoms with van der Waals surface area (Å²) in [6.45, 7) is 5.10. The second-order valence-electron chi connectivity index (χ2n) is 6.91. The zero-order chi connectivity index (χ0) is 20.2. The number of hydrogen-bond acceptors (Lipinski definition) is 5. The Kier molecular flexibility index (Phi) is 6.16. The van der Waals surface area contributed by atoms with Crippen molar-refractivity contribution < 1.29 is 9.18 Å². The molecule has 1 fully saturated rings. The number of hydrogen-bond donors (Lipinski definition) is 0. The van der Waals surface area contributed by atoms with Crippen LogP contribution in [0.2, 0.25) is 0 Å². The summed E-state index contributed by atoms with van der Waals surface area (Å²) in [5.74, 6) is -0.105. The fourth-order valence-corrected chi connectivity index (χ4v) is 5.40. The Morgan fingerprint density at radius 3 is 2.45 bits per heavy atom. The van der Waals surface area contributed by atoms with Crippen LogP contribution in [0.25, 0.3) is 11.3 Å². The minimum Gasteiger partial charge on any atom is -0.368 e. The lowest BCUT2D eigenvalue weighted by molar-refractivity contribution is -0.130. The lowest BCUT2D eigenvalue weighted by Crippen LogP contribution is -2.50. The molecule has 1 aliphatic rings. The maximum absolute atomic E-state index is 13.1. The number of halogens is 1. The van der Waals surface area contributed by atoms with E-state index in [4.69, 9.17) is 0 Å². The quantitative estimate of drug-likeness (QED) is 0.549. The first-order valence-corrected chi connectivity index (χ1v) is 11.3. The molecule has 0 saturated carbocycles. The number of benzene rings is 2. The SMILES string of the molecule is CC(Sc1nc(-c2ccc(F)cc2)cs1)C(=O)N1CCN(c2ccccc2)CC1. The summed E-state index contributed by atoms with van der Waals surface area (Å²) in [5, 5.41) is 1.76. The van der Waals surface area contributed by atoms with Crippen molar-refractivity contribution in [3.8, 4) is 11.3 Å². The van der Waals surface area contributed by atoms with Gasteiger partial charge in [0.1, 0.15) is 5.82 Å². The number of rotatable bonds is 5. The predicted octanol–water partition coefficient (Wildman–Crippen LogP) is 4.78. The van der Waals surface area contributed by atoms with Gasteiger partial charge in [-0.15, -0.1) is 11.3 Å². The molecule has 29 heavy (non-hydrogen) atoms. The Morgan fingerprint density at radius 1 is 1.07 bits per heavy atom. The highest BCUT2D eigenvalue weighted by Gasteiger charge is 2.26. The van der Waals surface area contributed by atoms with E-state index >= 15 is 0 Å². The molecular formula is C22H22FN3OS2. The molecule has 4 nitrogen and oxygen atoms in total. The number of carbonyl (C=O) groups excluding carboxylic acids is 1. The topological polar surface area (TPSA) is 36.4 Å². The first-order chi connectivity index (χ1) is 14.1. The molecule has 3 aromatic rings. The Hall–Kier alpha value is -2.38. The molecule has 1 atom stereocenters. The monoisotopic (exact) mass is 427 g/mol. The zero-order valence-corrected chi connectivity index (χ0v) is 17.8. The highest BCUT2D eigenvalue weighted by atomic mass is 32.2. The van der Waals surface area contributed by atoms with Gasteiger partial charge in [0.05, 0.1) is 10.9 Å². The Labute approximate surface area is 178 Å². The lowest BCUT2D eigenvalue weighted by Gasteiger charge is -2.37. The summed E-state index contributed by atoms with van der Waals surface area (Å²) in [7, 11) is 0. The van der Waals surface area contributed by atoms with Crippen molar-refractivity contribution in [3.05, 3.63) is 65.8 Å². The van der Waals surface area contributed by atoms with Crippen LogP contribution < -0.4 is 4.90 Å². The molecular weight excluding hydrogens is 405 g/mol. The van der Waals surface area contributed by atoms with Crippen molar-refractivity contribution in [1.29, 1.82) is 0 Å². The third-order valence-corrected chi connectivity index (χ3v) is 7.02. The normalized spacial score (nSPS) is 15.4. The molecule has 150 valence electrons. The van der Waals surface area contributed by atoms with Crippen molar-refractivity contribution in [2.75, 3.05) is 31.1 Å². The van der Waals surface area contributed by atoms with Crippen LogP contribution in [0, 0.1) is 5.82 Å². The van der Waals surface area contributed by atoms with E-state index in [1.807, 2.05) is 35.4 Å². The number of thioether (sulfide) groups is 1. The van der Waals surface area contributed by atoms with Gasteiger partial charge in [0.2, 0.25) is 5.91 Å². The molecule has 1 amide bonds. The molecule has 0 radical (unpaired) electrons. The van der Waals surface area contributed by atoms with Gasteiger partial charge in [0.15, 0.2) is 4.34 Å². The Balaban J connectivity index is 1.33. The van der Waals surface area contributed by atoms with Gasteiger partial charge in [-0.25, -0.2) is 9.37 Å². The van der Waals surface area contributed by atoms with Crippen LogP contribution in [0.3, 0.4) is 0 Å². The lowest BCUT2D eigenvalue weighted by atomic mass is 10.2. The van der Waals surface area contributed by atoms with Gasteiger partial charge in [0.25, 0.3) is 0 Å². The number of piperazine rings is 1. The number of nitrogens with zero attached hydrogens (tertiary/aromatic N) is 3. The fraction of sp³-hybridized carbons (Fsp3) is 0.273. The van der Waals surface area contributed by atoms with E-state index in [0.717, 1.165) is 41.8 Å². The minimum absolute atomic E-state index is 0.154. The summed E-state index contributed by atoms with van der Waals surface area (Å²) < 4.78 is 14.0. The van der Waals surface area contributed by atoms with Gasteiger partial charge in [-0.2, -0.15) is 0 Å². The smallest absolute Gasteiger partial charge is 0.235 e. The van der Waals surface area contributed by atoms with Gasteiger partial charge in [-0.05, 0) is 43.3 Å². The molecule has 0 bridgehead atoms. The van der Waals surface area contributed by atoms with Crippen LogP contribution >= 0.6 is 23.1 Å². The van der Waals surface area contributed by atoms with Crippen molar-refractivity contribution in [3.63, 3.8) is 0 Å². The maximum Gasteiger partial charge on any atom is 0.235 e. The van der Waals surface area contributed by atoms with Crippen LogP contribution in [-0.4, -0.2) is 47.2 Å². The Morgan fingerprint density at radius 2 is 1.76 bits per heavy atom. The van der Waals surface area contributed by atoms with Crippen LogP contribution in [0.5, 0.6) is 0 Å². The number of carbonyl (C=O) groups is 1. The fourth-order valence-electron chi connectivity index (χ4n) is 3.35. The summed E-state index contributed by atoms with van der Waals surface area (Å²) >= 11 is 3.01. The van der Waals surface area contributed by atoms with Crippen molar-refractivity contribution in [2.24, 2.45) is 0 Å². The summed E-state index contributed by atoms with van der Waals surface area (Å²) in [6.07, 6.45) is 0. The molecule has 0 spiro atoms. The van der Waals surface area contributed by atoms with Crippen LogP contribution in [0.1, 0.15) is 6.92 Å². The maximum atomic E-state index is 13.1. The predicted molar refractivity (Wildman–Crippen MR) is 118 cm³/mol. The molecule has 1 aliphatic heterocycles. The van der Waals surface area contributed by atoms with Crippen LogP contribution in [-0.2, 0) is 4.79 Å². The molecule has 0 N–H and O–H groups in total. The number of thiazole rings is 1. The van der Waals surface area contributed by atoms with Gasteiger partial charge in [0, 0.05) is 42.8 Å². The third-order valence-electron chi connectivity index (χ3n) is 4.96. The molecule has 2 heterocycles. The number of para-hydroxylation sites is 1. The third kappa shape index (κ3) is 4.79. The average molecular weight is 428 g/mol. The highest BCUT2D eigenvalue weighted by Crippen LogP contribution is 2.31. The van der Waals surface area contributed by atoms with Gasteiger partial charge < -0.3 is 9.80 Å². The molecule has 2 aromatic carbocycles. The molecule has 1 aromatic heterocycles. The van der Waals surface area contributed by atoms with Gasteiger partial charge in [-0.3, -0.25) is 4.79 Å². The van der Waals surface area contributed by atoms with E-state index in [1.54, 1.807) is 12.1 Å². The average Bonchev–Trinajstić information content (AvgIpc) is 3.23. The summed E-state index contributed by atoms with van der Waals surface area (Å²) in [5.41, 5.74) is 2.90. The summed E-state index contributed by atoms with van der Waals surface area (Å²) in [4.78, 5) is 21.8. The van der Waals surface area contributed by atoms with Gasteiger partial charge in [-0.1, -0.05) is 30.0 Å². The largest absolute Gasteiger partial charge is 0.368 e. The zero-order valence-electron chi connectivity index (χ0n) is 16.1. The van der Waals surface area contributed by atoms with E-state index in [-0.39, 0.29) is 17.0 Å².